The Morgan fingerprint density at radius 2 is 1.47 bits per heavy atom. The van der Waals surface area contributed by atoms with E-state index in [4.69, 9.17) is 0 Å². The summed E-state index contributed by atoms with van der Waals surface area (Å²) in [5, 5.41) is 3.35. The molecule has 1 N–H and O–H groups in total. The van der Waals surface area contributed by atoms with Crippen molar-refractivity contribution in [3.05, 3.63) is 35.4 Å². The monoisotopic (exact) mass is 203 g/mol. The largest absolute Gasteiger partial charge is 0.316 e. The summed E-state index contributed by atoms with van der Waals surface area (Å²) in [4.78, 5) is 0. The smallest absolute Gasteiger partial charge is 0.00145 e. The maximum Gasteiger partial charge on any atom is -0.00145 e. The summed E-state index contributed by atoms with van der Waals surface area (Å²) < 4.78 is 0. The summed E-state index contributed by atoms with van der Waals surface area (Å²) in [7, 11) is 0. The van der Waals surface area contributed by atoms with E-state index in [1.54, 1.807) is 0 Å². The summed E-state index contributed by atoms with van der Waals surface area (Å²) in [5.74, 6) is 3.20. The Morgan fingerprint density at radius 3 is 1.73 bits per heavy atom. The average molecular weight is 203 g/mol. The van der Waals surface area contributed by atoms with Crippen LogP contribution < -0.4 is 5.32 Å². The van der Waals surface area contributed by atoms with Gasteiger partial charge in [0, 0.05) is 0 Å². The van der Waals surface area contributed by atoms with E-state index in [1.807, 2.05) is 0 Å². The molecule has 0 spiro atoms. The molecule has 0 bridgehead atoms. The van der Waals surface area contributed by atoms with Gasteiger partial charge in [0.15, 0.2) is 0 Å². The molecule has 0 amide bonds. The Balaban J connectivity index is 0.000000114. The van der Waals surface area contributed by atoms with Crippen molar-refractivity contribution in [1.29, 1.82) is 0 Å². The number of aryl methyl sites for hydroxylation is 2. The van der Waals surface area contributed by atoms with Gasteiger partial charge >= 0.3 is 0 Å². The highest BCUT2D eigenvalue weighted by Gasteiger charge is 2.49. The van der Waals surface area contributed by atoms with Crippen LogP contribution in [0, 0.1) is 31.6 Å². The molecule has 82 valence electrons. The summed E-state index contributed by atoms with van der Waals surface area (Å²) >= 11 is 0. The maximum absolute atomic E-state index is 3.35. The molecule has 3 rings (SSSR count). The quantitative estimate of drug-likeness (QED) is 0.683. The molecule has 2 fully saturated rings. The Bertz CT molecular complexity index is 301. The molecule has 1 saturated heterocycles. The molecular weight excluding hydrogens is 182 g/mol. The van der Waals surface area contributed by atoms with Gasteiger partial charge in [0.05, 0.1) is 0 Å². The summed E-state index contributed by atoms with van der Waals surface area (Å²) in [6.07, 6.45) is 0. The van der Waals surface area contributed by atoms with Gasteiger partial charge in [0.1, 0.15) is 0 Å². The van der Waals surface area contributed by atoms with E-state index in [9.17, 15) is 0 Å². The van der Waals surface area contributed by atoms with Crippen LogP contribution in [0.4, 0.5) is 0 Å². The number of hydrogen-bond acceptors (Lipinski definition) is 1. The molecule has 1 heterocycles. The third kappa shape index (κ3) is 2.40. The van der Waals surface area contributed by atoms with Crippen molar-refractivity contribution in [2.45, 2.75) is 20.8 Å². The van der Waals surface area contributed by atoms with E-state index in [2.05, 4.69) is 50.4 Å². The minimum atomic E-state index is 1.06. The normalized spacial score (nSPS) is 31.5. The lowest BCUT2D eigenvalue weighted by atomic mass is 10.1. The standard InChI is InChI=1S/C8H10.C6H11N/c1-7-5-3-4-6-8(7)2;1-4-5-2-7-3-6(4)5/h3-6H,1-2H3;4-7H,2-3H2,1H3. The highest BCUT2D eigenvalue weighted by molar-refractivity contribution is 5.23. The van der Waals surface area contributed by atoms with E-state index in [1.165, 1.54) is 24.2 Å². The van der Waals surface area contributed by atoms with Gasteiger partial charge in [-0.25, -0.2) is 0 Å². The Labute approximate surface area is 92.9 Å². The molecule has 1 heteroatoms. The van der Waals surface area contributed by atoms with Gasteiger partial charge in [-0.05, 0) is 55.8 Å². The van der Waals surface area contributed by atoms with E-state index in [0.29, 0.717) is 0 Å². The van der Waals surface area contributed by atoms with E-state index < -0.39 is 0 Å². The first-order chi connectivity index (χ1) is 7.20. The zero-order chi connectivity index (χ0) is 10.8. The first-order valence-electron chi connectivity index (χ1n) is 5.93. The first kappa shape index (κ1) is 10.7. The summed E-state index contributed by atoms with van der Waals surface area (Å²) in [6, 6.07) is 8.36. The van der Waals surface area contributed by atoms with E-state index in [-0.39, 0.29) is 0 Å². The van der Waals surface area contributed by atoms with Crippen LogP contribution in [0.2, 0.25) is 0 Å². The van der Waals surface area contributed by atoms with Crippen molar-refractivity contribution in [2.24, 2.45) is 17.8 Å². The fourth-order valence-corrected chi connectivity index (χ4v) is 2.39. The minimum absolute atomic E-state index is 1.06. The molecule has 15 heavy (non-hydrogen) atoms. The molecular formula is C14H21N. The van der Waals surface area contributed by atoms with Crippen molar-refractivity contribution in [3.8, 4) is 0 Å². The lowest BCUT2D eigenvalue weighted by Crippen LogP contribution is -2.13. The van der Waals surface area contributed by atoms with Gasteiger partial charge in [0.25, 0.3) is 0 Å². The number of rotatable bonds is 0. The molecule has 1 nitrogen and oxygen atoms in total. The number of hydrogen-bond donors (Lipinski definition) is 1. The van der Waals surface area contributed by atoms with Crippen molar-refractivity contribution in [3.63, 3.8) is 0 Å². The fraction of sp³-hybridized carbons (Fsp3) is 0.571. The lowest BCUT2D eigenvalue weighted by Gasteiger charge is -1.93. The number of piperidine rings is 1. The predicted molar refractivity (Wildman–Crippen MR) is 64.9 cm³/mol. The van der Waals surface area contributed by atoms with Gasteiger partial charge in [-0.1, -0.05) is 31.2 Å². The van der Waals surface area contributed by atoms with Crippen molar-refractivity contribution in [2.75, 3.05) is 13.1 Å². The second-order valence-corrected chi connectivity index (χ2v) is 4.93. The third-order valence-corrected chi connectivity index (χ3v) is 3.95. The van der Waals surface area contributed by atoms with Crippen LogP contribution in [0.25, 0.3) is 0 Å². The predicted octanol–water partition coefficient (Wildman–Crippen LogP) is 2.78. The van der Waals surface area contributed by atoms with Crippen LogP contribution in [0.3, 0.4) is 0 Å². The van der Waals surface area contributed by atoms with Gasteiger partial charge in [-0.3, -0.25) is 0 Å². The van der Waals surface area contributed by atoms with Gasteiger partial charge < -0.3 is 5.32 Å². The van der Waals surface area contributed by atoms with Gasteiger partial charge in [-0.2, -0.15) is 0 Å². The number of fused-ring (bicyclic) bond motifs is 1. The zero-order valence-electron chi connectivity index (χ0n) is 9.96. The SMILES string of the molecule is CC1C2CNCC12.Cc1ccccc1C. The summed E-state index contributed by atoms with van der Waals surface area (Å²) in [5.41, 5.74) is 2.74. The van der Waals surface area contributed by atoms with Crippen LogP contribution in [0.1, 0.15) is 18.1 Å². The maximum atomic E-state index is 3.35. The van der Waals surface area contributed by atoms with Crippen LogP contribution in [0.5, 0.6) is 0 Å². The molecule has 1 aromatic carbocycles. The van der Waals surface area contributed by atoms with E-state index >= 15 is 0 Å². The third-order valence-electron chi connectivity index (χ3n) is 3.95. The molecule has 1 aromatic rings. The molecule has 1 aliphatic carbocycles. The van der Waals surface area contributed by atoms with Crippen LogP contribution in [0.15, 0.2) is 24.3 Å². The zero-order valence-corrected chi connectivity index (χ0v) is 9.96. The number of benzene rings is 1. The minimum Gasteiger partial charge on any atom is -0.316 e. The Kier molecular flexibility index (Phi) is 3.11. The van der Waals surface area contributed by atoms with Crippen molar-refractivity contribution in [1.82, 2.24) is 5.32 Å². The molecule has 0 aromatic heterocycles. The molecule has 1 saturated carbocycles. The molecule has 1 aliphatic heterocycles. The highest BCUT2D eigenvalue weighted by Crippen LogP contribution is 2.47. The Morgan fingerprint density at radius 1 is 1.00 bits per heavy atom. The molecule has 2 aliphatic rings. The average Bonchev–Trinajstić information content (AvgIpc) is 2.69. The van der Waals surface area contributed by atoms with E-state index in [0.717, 1.165) is 17.8 Å². The lowest BCUT2D eigenvalue weighted by molar-refractivity contribution is 0.634. The second-order valence-electron chi connectivity index (χ2n) is 4.93. The molecule has 2 unspecified atom stereocenters. The second kappa shape index (κ2) is 4.36. The fourth-order valence-electron chi connectivity index (χ4n) is 2.39. The molecule has 2 atom stereocenters. The Hall–Kier alpha value is -0.820. The van der Waals surface area contributed by atoms with Crippen molar-refractivity contribution >= 4 is 0 Å². The molecule has 0 radical (unpaired) electrons. The highest BCUT2D eigenvalue weighted by atomic mass is 15.0. The first-order valence-corrected chi connectivity index (χ1v) is 5.93. The summed E-state index contributed by atoms with van der Waals surface area (Å²) in [6.45, 7) is 9.19. The van der Waals surface area contributed by atoms with Gasteiger partial charge in [-0.15, -0.1) is 0 Å². The van der Waals surface area contributed by atoms with Crippen LogP contribution in [-0.4, -0.2) is 13.1 Å². The van der Waals surface area contributed by atoms with Crippen molar-refractivity contribution < 1.29 is 0 Å². The van der Waals surface area contributed by atoms with Crippen LogP contribution in [-0.2, 0) is 0 Å². The number of nitrogens with one attached hydrogen (secondary N) is 1. The van der Waals surface area contributed by atoms with Crippen LogP contribution >= 0.6 is 0 Å². The van der Waals surface area contributed by atoms with Gasteiger partial charge in [0.2, 0.25) is 0 Å². The topological polar surface area (TPSA) is 12.0 Å².